The monoisotopic (exact) mass is 544 g/mol. The molecule has 0 unspecified atom stereocenters. The Morgan fingerprint density at radius 1 is 1.00 bits per heavy atom. The first-order valence-electron chi connectivity index (χ1n) is 13.9. The van der Waals surface area contributed by atoms with Crippen LogP contribution in [-0.2, 0) is 16.1 Å². The molecule has 1 fully saturated rings. The average Bonchev–Trinajstić information content (AvgIpc) is 3.45. The molecule has 3 aromatic carbocycles. The number of hydrogen-bond acceptors (Lipinski definition) is 8. The van der Waals surface area contributed by atoms with Gasteiger partial charge in [-0.3, -0.25) is 0 Å². The third-order valence-electron chi connectivity index (χ3n) is 7.67. The predicted octanol–water partition coefficient (Wildman–Crippen LogP) is 5.09. The minimum Gasteiger partial charge on any atom is -0.490 e. The van der Waals surface area contributed by atoms with Crippen LogP contribution in [0.25, 0.3) is 11.0 Å². The summed E-state index contributed by atoms with van der Waals surface area (Å²) in [6, 6.07) is 21.9. The summed E-state index contributed by atoms with van der Waals surface area (Å²) < 4.78 is 29.1. The maximum Gasteiger partial charge on any atom is 0.142 e. The van der Waals surface area contributed by atoms with Crippen LogP contribution in [0.2, 0.25) is 0 Å². The molecule has 2 aliphatic rings. The van der Waals surface area contributed by atoms with E-state index in [4.69, 9.17) is 23.4 Å². The van der Waals surface area contributed by atoms with Gasteiger partial charge in [0.2, 0.25) is 0 Å². The van der Waals surface area contributed by atoms with Gasteiger partial charge in [0.1, 0.15) is 29.4 Å². The van der Waals surface area contributed by atoms with E-state index >= 15 is 0 Å². The average molecular weight is 545 g/mol. The molecule has 0 aliphatic carbocycles. The normalized spacial score (nSPS) is 20.8. The van der Waals surface area contributed by atoms with E-state index < -0.39 is 6.10 Å². The Morgan fingerprint density at radius 3 is 2.75 bits per heavy atom. The zero-order valence-corrected chi connectivity index (χ0v) is 22.8. The van der Waals surface area contributed by atoms with Gasteiger partial charge >= 0.3 is 0 Å². The van der Waals surface area contributed by atoms with Crippen LogP contribution in [0.5, 0.6) is 17.2 Å². The summed E-state index contributed by atoms with van der Waals surface area (Å²) in [7, 11) is 1.73. The lowest BCUT2D eigenvalue weighted by Crippen LogP contribution is -2.49. The summed E-state index contributed by atoms with van der Waals surface area (Å²) in [4.78, 5) is 2.35. The number of aliphatic hydroxyl groups is 1. The first-order valence-corrected chi connectivity index (χ1v) is 13.9. The molecular weight excluding hydrogens is 508 g/mol. The number of piperidine rings is 1. The molecule has 0 spiro atoms. The van der Waals surface area contributed by atoms with E-state index in [1.165, 1.54) is 0 Å². The van der Waals surface area contributed by atoms with E-state index in [0.29, 0.717) is 32.1 Å². The molecule has 0 bridgehead atoms. The van der Waals surface area contributed by atoms with Crippen molar-refractivity contribution < 1.29 is 28.5 Å². The molecule has 6 rings (SSSR count). The number of methoxy groups -OCH3 is 1. The van der Waals surface area contributed by atoms with Crippen molar-refractivity contribution in [1.82, 2.24) is 5.32 Å². The van der Waals surface area contributed by atoms with Gasteiger partial charge in [-0.25, -0.2) is 0 Å². The van der Waals surface area contributed by atoms with Crippen LogP contribution >= 0.6 is 0 Å². The van der Waals surface area contributed by atoms with E-state index in [1.807, 2.05) is 54.6 Å². The highest BCUT2D eigenvalue weighted by Crippen LogP contribution is 2.35. The molecule has 1 saturated heterocycles. The minimum atomic E-state index is -0.555. The van der Waals surface area contributed by atoms with Crippen molar-refractivity contribution in [3.8, 4) is 17.2 Å². The number of rotatable bonds is 10. The van der Waals surface area contributed by atoms with Crippen molar-refractivity contribution in [1.29, 1.82) is 0 Å². The Balaban J connectivity index is 1.12. The predicted molar refractivity (Wildman–Crippen MR) is 154 cm³/mol. The summed E-state index contributed by atoms with van der Waals surface area (Å²) >= 11 is 0. The van der Waals surface area contributed by atoms with Crippen molar-refractivity contribution in [2.75, 3.05) is 51.4 Å². The number of benzene rings is 3. The second-order valence-electron chi connectivity index (χ2n) is 10.4. The van der Waals surface area contributed by atoms with Gasteiger partial charge in [0.15, 0.2) is 0 Å². The van der Waals surface area contributed by atoms with Crippen LogP contribution < -0.4 is 19.7 Å². The maximum atomic E-state index is 11.0. The minimum absolute atomic E-state index is 0.152. The molecule has 4 aromatic rings. The summed E-state index contributed by atoms with van der Waals surface area (Å²) in [5.74, 6) is 2.20. The standard InChI is InChI=1S/C32H36N2O6/c1-36-14-2-12-34-13-16-38-29-10-3-22(17-27(29)34)21-39-31-20-33-19-28(35)32(31)24-5-7-25(8-6-24)40-26-9-4-23-11-15-37-30(23)18-26/h3-11,15,17-18,28,31-33,35H,2,12-14,16,19-21H2,1H3/t28-,31+,32+/m1/s1. The molecule has 3 heterocycles. The summed E-state index contributed by atoms with van der Waals surface area (Å²) in [5.41, 5.74) is 3.99. The van der Waals surface area contributed by atoms with E-state index in [9.17, 15) is 5.11 Å². The van der Waals surface area contributed by atoms with E-state index in [2.05, 4.69) is 22.3 Å². The molecule has 8 nitrogen and oxygen atoms in total. The fraction of sp³-hybridized carbons (Fsp3) is 0.375. The second kappa shape index (κ2) is 12.3. The summed E-state index contributed by atoms with van der Waals surface area (Å²) in [6.45, 7) is 4.85. The highest BCUT2D eigenvalue weighted by atomic mass is 16.5. The van der Waals surface area contributed by atoms with E-state index in [0.717, 1.165) is 65.4 Å². The van der Waals surface area contributed by atoms with Gasteiger partial charge in [0.25, 0.3) is 0 Å². The number of fused-ring (bicyclic) bond motifs is 2. The van der Waals surface area contributed by atoms with Crippen LogP contribution in [0.3, 0.4) is 0 Å². The number of nitrogens with zero attached hydrogens (tertiary/aromatic N) is 1. The number of ether oxygens (including phenoxy) is 4. The third-order valence-corrected chi connectivity index (χ3v) is 7.67. The lowest BCUT2D eigenvalue weighted by molar-refractivity contribution is -0.0328. The smallest absolute Gasteiger partial charge is 0.142 e. The van der Waals surface area contributed by atoms with Crippen molar-refractivity contribution in [2.45, 2.75) is 31.2 Å². The largest absolute Gasteiger partial charge is 0.490 e. The lowest BCUT2D eigenvalue weighted by Gasteiger charge is -2.36. The number of hydrogen-bond donors (Lipinski definition) is 2. The summed E-state index contributed by atoms with van der Waals surface area (Å²) in [6.07, 6.45) is 1.90. The summed E-state index contributed by atoms with van der Waals surface area (Å²) in [5, 5.41) is 15.3. The molecule has 3 atom stereocenters. The molecule has 2 N–H and O–H groups in total. The van der Waals surface area contributed by atoms with Gasteiger partial charge < -0.3 is 38.7 Å². The van der Waals surface area contributed by atoms with E-state index in [1.54, 1.807) is 13.4 Å². The Labute approximate surface area is 234 Å². The van der Waals surface area contributed by atoms with Crippen LogP contribution in [0.4, 0.5) is 5.69 Å². The van der Waals surface area contributed by atoms with Crippen molar-refractivity contribution in [3.05, 3.63) is 84.1 Å². The van der Waals surface area contributed by atoms with Crippen LogP contribution in [0.1, 0.15) is 23.5 Å². The number of aliphatic hydroxyl groups excluding tert-OH is 1. The highest BCUT2D eigenvalue weighted by molar-refractivity contribution is 5.78. The highest BCUT2D eigenvalue weighted by Gasteiger charge is 2.34. The zero-order chi connectivity index (χ0) is 27.3. The van der Waals surface area contributed by atoms with Gasteiger partial charge in [-0.15, -0.1) is 0 Å². The van der Waals surface area contributed by atoms with E-state index in [-0.39, 0.29) is 12.0 Å². The van der Waals surface area contributed by atoms with Crippen LogP contribution in [0, 0.1) is 0 Å². The van der Waals surface area contributed by atoms with Gasteiger partial charge in [-0.1, -0.05) is 18.2 Å². The van der Waals surface area contributed by atoms with Crippen molar-refractivity contribution >= 4 is 16.7 Å². The fourth-order valence-electron chi connectivity index (χ4n) is 5.61. The number of furan rings is 1. The van der Waals surface area contributed by atoms with Gasteiger partial charge in [0.05, 0.1) is 37.3 Å². The Kier molecular flexibility index (Phi) is 8.20. The number of β-amino-alcohol motifs (C(OH)–C–C–N with tert-alkyl or cyclic N) is 1. The van der Waals surface area contributed by atoms with Crippen LogP contribution in [-0.4, -0.2) is 63.8 Å². The number of anilines is 1. The molecule has 1 aromatic heterocycles. The first kappa shape index (κ1) is 26.7. The fourth-order valence-corrected chi connectivity index (χ4v) is 5.61. The molecule has 210 valence electrons. The first-order chi connectivity index (χ1) is 19.7. The maximum absolute atomic E-state index is 11.0. The molecule has 0 radical (unpaired) electrons. The van der Waals surface area contributed by atoms with Gasteiger partial charge in [0, 0.05) is 50.7 Å². The molecule has 2 aliphatic heterocycles. The molecule has 0 amide bonds. The Hall–Kier alpha value is -3.56. The van der Waals surface area contributed by atoms with Gasteiger partial charge in [-0.05, 0) is 60.0 Å². The molecule has 8 heteroatoms. The third kappa shape index (κ3) is 5.95. The SMILES string of the molecule is COCCCN1CCOc2ccc(CO[C@H]3CNC[C@@H](O)[C@@H]3c3ccc(Oc4ccc5ccoc5c4)cc3)cc21. The van der Waals surface area contributed by atoms with Crippen LogP contribution in [0.15, 0.2) is 77.4 Å². The Morgan fingerprint density at radius 2 is 1.88 bits per heavy atom. The van der Waals surface area contributed by atoms with Gasteiger partial charge in [-0.2, -0.15) is 0 Å². The molecule has 0 saturated carbocycles. The zero-order valence-electron chi connectivity index (χ0n) is 22.8. The quantitative estimate of drug-likeness (QED) is 0.267. The van der Waals surface area contributed by atoms with Crippen molar-refractivity contribution in [3.63, 3.8) is 0 Å². The molecular formula is C32H36N2O6. The lowest BCUT2D eigenvalue weighted by atomic mass is 9.85. The number of nitrogens with one attached hydrogen (secondary N) is 1. The van der Waals surface area contributed by atoms with Crippen molar-refractivity contribution in [2.24, 2.45) is 0 Å². The molecule has 40 heavy (non-hydrogen) atoms. The second-order valence-corrected chi connectivity index (χ2v) is 10.4. The Bertz CT molecular complexity index is 1400. The topological polar surface area (TPSA) is 85.6 Å².